The molecule has 0 radical (unpaired) electrons. The zero-order valence-corrected chi connectivity index (χ0v) is 8.93. The van der Waals surface area contributed by atoms with Gasteiger partial charge in [-0.15, -0.1) is 0 Å². The first-order chi connectivity index (χ1) is 7.15. The third kappa shape index (κ3) is 3.25. The molecule has 0 spiro atoms. The van der Waals surface area contributed by atoms with Crippen molar-refractivity contribution in [2.24, 2.45) is 0 Å². The molecule has 6 heteroatoms. The summed E-state index contributed by atoms with van der Waals surface area (Å²) in [5.74, 6) is 0.330. The Hall–Kier alpha value is -1.56. The number of hydrogen-bond acceptors (Lipinski definition) is 4. The van der Waals surface area contributed by atoms with E-state index >= 15 is 0 Å². The summed E-state index contributed by atoms with van der Waals surface area (Å²) in [6.07, 6.45) is 3.16. The largest absolute Gasteiger partial charge is 0.383 e. The van der Waals surface area contributed by atoms with Gasteiger partial charge in [-0.05, 0) is 6.92 Å². The van der Waals surface area contributed by atoms with Crippen LogP contribution in [0, 0.1) is 0 Å². The van der Waals surface area contributed by atoms with E-state index in [4.69, 9.17) is 10.5 Å². The maximum atomic E-state index is 11.6. The van der Waals surface area contributed by atoms with Gasteiger partial charge in [0.1, 0.15) is 11.9 Å². The van der Waals surface area contributed by atoms with Gasteiger partial charge in [0, 0.05) is 19.9 Å². The molecule has 1 heterocycles. The number of carbonyl (C=O) groups is 1. The highest BCUT2D eigenvalue weighted by molar-refractivity contribution is 5.79. The van der Waals surface area contributed by atoms with Crippen LogP contribution in [0.5, 0.6) is 0 Å². The van der Waals surface area contributed by atoms with Crippen LogP contribution in [-0.2, 0) is 9.53 Å². The molecule has 0 saturated heterocycles. The second kappa shape index (κ2) is 5.35. The van der Waals surface area contributed by atoms with Crippen LogP contribution in [0.3, 0.4) is 0 Å². The summed E-state index contributed by atoms with van der Waals surface area (Å²) in [5, 5.41) is 2.74. The van der Waals surface area contributed by atoms with E-state index in [-0.39, 0.29) is 11.9 Å². The van der Waals surface area contributed by atoms with Crippen LogP contribution in [0.2, 0.25) is 0 Å². The molecule has 15 heavy (non-hydrogen) atoms. The number of rotatable bonds is 5. The summed E-state index contributed by atoms with van der Waals surface area (Å²) in [6, 6.07) is -0.313. The molecule has 0 aliphatic carbocycles. The van der Waals surface area contributed by atoms with Gasteiger partial charge < -0.3 is 20.4 Å². The molecule has 0 aliphatic heterocycles. The molecule has 0 aromatic carbocycles. The van der Waals surface area contributed by atoms with Crippen molar-refractivity contribution in [3.8, 4) is 0 Å². The number of nitrogen functional groups attached to an aromatic ring is 1. The van der Waals surface area contributed by atoms with E-state index in [2.05, 4.69) is 10.3 Å². The molecule has 1 atom stereocenters. The number of anilines is 1. The molecule has 6 nitrogen and oxygen atoms in total. The Bertz CT molecular complexity index is 324. The first-order valence-corrected chi connectivity index (χ1v) is 4.70. The highest BCUT2D eigenvalue weighted by atomic mass is 16.5. The van der Waals surface area contributed by atoms with Gasteiger partial charge in [0.15, 0.2) is 0 Å². The minimum atomic E-state index is -0.313. The lowest BCUT2D eigenvalue weighted by atomic mass is 10.3. The number of nitrogens with one attached hydrogen (secondary N) is 1. The van der Waals surface area contributed by atoms with Crippen molar-refractivity contribution in [3.05, 3.63) is 12.5 Å². The minimum absolute atomic E-state index is 0.0792. The van der Waals surface area contributed by atoms with Gasteiger partial charge in [-0.25, -0.2) is 4.98 Å². The maximum absolute atomic E-state index is 11.6. The lowest BCUT2D eigenvalue weighted by Crippen LogP contribution is -2.32. The Morgan fingerprint density at radius 1 is 1.80 bits per heavy atom. The van der Waals surface area contributed by atoms with Crippen molar-refractivity contribution in [2.75, 3.05) is 26.0 Å². The van der Waals surface area contributed by atoms with Gasteiger partial charge in [-0.3, -0.25) is 4.79 Å². The average molecular weight is 212 g/mol. The van der Waals surface area contributed by atoms with Gasteiger partial charge in [0.25, 0.3) is 0 Å². The van der Waals surface area contributed by atoms with E-state index in [0.29, 0.717) is 19.0 Å². The van der Waals surface area contributed by atoms with Crippen LogP contribution >= 0.6 is 0 Å². The van der Waals surface area contributed by atoms with Crippen LogP contribution in [0.15, 0.2) is 12.5 Å². The number of amides is 1. The normalized spacial score (nSPS) is 12.4. The van der Waals surface area contributed by atoms with Crippen LogP contribution < -0.4 is 11.1 Å². The molecular weight excluding hydrogens is 196 g/mol. The molecular formula is C9H16N4O2. The molecule has 0 bridgehead atoms. The third-order valence-corrected chi connectivity index (χ3v) is 2.05. The highest BCUT2D eigenvalue weighted by Crippen LogP contribution is 2.07. The molecule has 84 valence electrons. The van der Waals surface area contributed by atoms with Crippen LogP contribution in [0.4, 0.5) is 5.82 Å². The lowest BCUT2D eigenvalue weighted by Gasteiger charge is -2.12. The predicted molar refractivity (Wildman–Crippen MR) is 56.2 cm³/mol. The smallest absolute Gasteiger partial charge is 0.242 e. The summed E-state index contributed by atoms with van der Waals surface area (Å²) < 4.78 is 6.49. The molecule has 1 aromatic rings. The highest BCUT2D eigenvalue weighted by Gasteiger charge is 2.13. The first-order valence-electron chi connectivity index (χ1n) is 4.70. The third-order valence-electron chi connectivity index (χ3n) is 2.05. The average Bonchev–Trinajstić information content (AvgIpc) is 2.64. The topological polar surface area (TPSA) is 82.2 Å². The molecule has 0 aliphatic rings. The van der Waals surface area contributed by atoms with Crippen molar-refractivity contribution in [3.63, 3.8) is 0 Å². The number of ether oxygens (including phenoxy) is 1. The predicted octanol–water partition coefficient (Wildman–Crippen LogP) is -0.211. The van der Waals surface area contributed by atoms with Gasteiger partial charge >= 0.3 is 0 Å². The molecule has 0 fully saturated rings. The van der Waals surface area contributed by atoms with Gasteiger partial charge in [0.2, 0.25) is 5.91 Å². The molecule has 1 rings (SSSR count). The van der Waals surface area contributed by atoms with Crippen molar-refractivity contribution in [1.82, 2.24) is 14.9 Å². The number of aromatic nitrogens is 2. The Balaban J connectivity index is 2.46. The first kappa shape index (κ1) is 11.5. The lowest BCUT2D eigenvalue weighted by molar-refractivity contribution is -0.124. The Kier molecular flexibility index (Phi) is 4.11. The van der Waals surface area contributed by atoms with E-state index < -0.39 is 0 Å². The van der Waals surface area contributed by atoms with Crippen LogP contribution in [0.1, 0.15) is 13.0 Å². The van der Waals surface area contributed by atoms with E-state index in [0.717, 1.165) is 0 Å². The van der Waals surface area contributed by atoms with Crippen molar-refractivity contribution in [1.29, 1.82) is 0 Å². The number of hydrogen-bond donors (Lipinski definition) is 2. The zero-order chi connectivity index (χ0) is 11.3. The van der Waals surface area contributed by atoms with Crippen LogP contribution in [0.25, 0.3) is 0 Å². The monoisotopic (exact) mass is 212 g/mol. The summed E-state index contributed by atoms with van der Waals surface area (Å²) in [4.78, 5) is 15.4. The van der Waals surface area contributed by atoms with Crippen molar-refractivity contribution < 1.29 is 9.53 Å². The number of methoxy groups -OCH3 is 1. The number of imidazole rings is 1. The summed E-state index contributed by atoms with van der Waals surface area (Å²) in [5.41, 5.74) is 5.45. The van der Waals surface area contributed by atoms with Crippen LogP contribution in [-0.4, -0.2) is 35.7 Å². The molecule has 1 amide bonds. The van der Waals surface area contributed by atoms with E-state index in [1.54, 1.807) is 24.8 Å². The standard InChI is InChI=1S/C9H16N4O2/c1-7(9(14)11-3-4-15-2)13-5-8(10)12-6-13/h5-7H,3-4,10H2,1-2H3,(H,11,14). The fourth-order valence-corrected chi connectivity index (χ4v) is 1.12. The summed E-state index contributed by atoms with van der Waals surface area (Å²) in [7, 11) is 1.59. The number of nitrogens with two attached hydrogens (primary N) is 1. The molecule has 1 aromatic heterocycles. The van der Waals surface area contributed by atoms with Gasteiger partial charge in [-0.1, -0.05) is 0 Å². The SMILES string of the molecule is COCCNC(=O)C(C)n1cnc(N)c1. The van der Waals surface area contributed by atoms with Gasteiger partial charge in [0.05, 0.1) is 12.9 Å². The number of carbonyl (C=O) groups excluding carboxylic acids is 1. The summed E-state index contributed by atoms with van der Waals surface area (Å²) >= 11 is 0. The van der Waals surface area contributed by atoms with E-state index in [1.165, 1.54) is 6.33 Å². The van der Waals surface area contributed by atoms with Crippen molar-refractivity contribution >= 4 is 11.7 Å². The van der Waals surface area contributed by atoms with E-state index in [9.17, 15) is 4.79 Å². The Labute approximate surface area is 88.4 Å². The second-order valence-corrected chi connectivity index (χ2v) is 3.21. The fourth-order valence-electron chi connectivity index (χ4n) is 1.12. The maximum Gasteiger partial charge on any atom is 0.242 e. The molecule has 1 unspecified atom stereocenters. The zero-order valence-electron chi connectivity index (χ0n) is 8.93. The quantitative estimate of drug-likeness (QED) is 0.661. The number of nitrogens with zero attached hydrogens (tertiary/aromatic N) is 2. The second-order valence-electron chi connectivity index (χ2n) is 3.21. The Morgan fingerprint density at radius 3 is 3.07 bits per heavy atom. The van der Waals surface area contributed by atoms with Crippen molar-refractivity contribution in [2.45, 2.75) is 13.0 Å². The Morgan fingerprint density at radius 2 is 2.53 bits per heavy atom. The van der Waals surface area contributed by atoms with E-state index in [1.807, 2.05) is 0 Å². The molecule has 3 N–H and O–H groups in total. The van der Waals surface area contributed by atoms with Gasteiger partial charge in [-0.2, -0.15) is 0 Å². The fraction of sp³-hybridized carbons (Fsp3) is 0.556. The minimum Gasteiger partial charge on any atom is -0.383 e. The molecule has 0 saturated carbocycles. The summed E-state index contributed by atoms with van der Waals surface area (Å²) in [6.45, 7) is 2.79.